The Morgan fingerprint density at radius 2 is 2.05 bits per heavy atom. The summed E-state index contributed by atoms with van der Waals surface area (Å²) in [6.45, 7) is 3.77. The molecule has 0 fully saturated rings. The van der Waals surface area contributed by atoms with Crippen molar-refractivity contribution in [2.75, 3.05) is 38.7 Å². The molecule has 22 heavy (non-hydrogen) atoms. The van der Waals surface area contributed by atoms with Gasteiger partial charge in [0.1, 0.15) is 0 Å². The van der Waals surface area contributed by atoms with E-state index in [2.05, 4.69) is 16.0 Å². The third-order valence-corrected chi connectivity index (χ3v) is 3.04. The second-order valence-electron chi connectivity index (χ2n) is 4.66. The average molecular weight is 328 g/mol. The topological polar surface area (TPSA) is 79.5 Å². The number of halogens is 1. The predicted octanol–water partition coefficient (Wildman–Crippen LogP) is 1.65. The van der Waals surface area contributed by atoms with Crippen LogP contribution in [-0.4, -0.2) is 45.2 Å². The van der Waals surface area contributed by atoms with Gasteiger partial charge >= 0.3 is 0 Å². The SMILES string of the molecule is CCCNC(=O)c1ccc(Cl)cc1NC(=O)CNCCOC. The zero-order chi connectivity index (χ0) is 16.4. The second-order valence-corrected chi connectivity index (χ2v) is 5.10. The van der Waals surface area contributed by atoms with Gasteiger partial charge in [-0.2, -0.15) is 0 Å². The fourth-order valence-electron chi connectivity index (χ4n) is 1.72. The Morgan fingerprint density at radius 1 is 1.27 bits per heavy atom. The van der Waals surface area contributed by atoms with Crippen molar-refractivity contribution in [2.24, 2.45) is 0 Å². The molecule has 0 saturated carbocycles. The summed E-state index contributed by atoms with van der Waals surface area (Å²) >= 11 is 5.94. The first kappa shape index (κ1) is 18.4. The predicted molar refractivity (Wildman–Crippen MR) is 87.5 cm³/mol. The van der Waals surface area contributed by atoms with Crippen LogP contribution in [0.4, 0.5) is 5.69 Å². The third-order valence-electron chi connectivity index (χ3n) is 2.80. The van der Waals surface area contributed by atoms with Gasteiger partial charge in [-0.1, -0.05) is 18.5 Å². The zero-order valence-corrected chi connectivity index (χ0v) is 13.6. The number of nitrogens with one attached hydrogen (secondary N) is 3. The number of carbonyl (C=O) groups is 2. The van der Waals surface area contributed by atoms with Crippen LogP contribution in [-0.2, 0) is 9.53 Å². The molecule has 3 N–H and O–H groups in total. The zero-order valence-electron chi connectivity index (χ0n) is 12.9. The highest BCUT2D eigenvalue weighted by Crippen LogP contribution is 2.21. The van der Waals surface area contributed by atoms with E-state index in [1.807, 2.05) is 6.92 Å². The molecular formula is C15H22ClN3O3. The van der Waals surface area contributed by atoms with Gasteiger partial charge in [-0.3, -0.25) is 9.59 Å². The van der Waals surface area contributed by atoms with Gasteiger partial charge in [0.25, 0.3) is 5.91 Å². The van der Waals surface area contributed by atoms with Crippen LogP contribution in [0.15, 0.2) is 18.2 Å². The first-order chi connectivity index (χ1) is 10.6. The van der Waals surface area contributed by atoms with Gasteiger partial charge in [0.05, 0.1) is 24.4 Å². The first-order valence-corrected chi connectivity index (χ1v) is 7.53. The highest BCUT2D eigenvalue weighted by Gasteiger charge is 2.13. The molecule has 0 radical (unpaired) electrons. The summed E-state index contributed by atoms with van der Waals surface area (Å²) in [6.07, 6.45) is 0.838. The molecule has 0 atom stereocenters. The van der Waals surface area contributed by atoms with Crippen molar-refractivity contribution in [2.45, 2.75) is 13.3 Å². The first-order valence-electron chi connectivity index (χ1n) is 7.15. The van der Waals surface area contributed by atoms with Gasteiger partial charge in [-0.15, -0.1) is 0 Å². The molecule has 0 aliphatic rings. The van der Waals surface area contributed by atoms with Crippen molar-refractivity contribution < 1.29 is 14.3 Å². The van der Waals surface area contributed by atoms with Crippen LogP contribution >= 0.6 is 11.6 Å². The molecule has 6 nitrogen and oxygen atoms in total. The number of hydrogen-bond acceptors (Lipinski definition) is 4. The fraction of sp³-hybridized carbons (Fsp3) is 0.467. The van der Waals surface area contributed by atoms with E-state index in [-0.39, 0.29) is 18.4 Å². The number of rotatable bonds is 9. The Hall–Kier alpha value is -1.63. The van der Waals surface area contributed by atoms with Crippen molar-refractivity contribution in [1.29, 1.82) is 0 Å². The minimum atomic E-state index is -0.247. The molecule has 0 aromatic heterocycles. The van der Waals surface area contributed by atoms with Crippen LogP contribution in [0.5, 0.6) is 0 Å². The van der Waals surface area contributed by atoms with E-state index < -0.39 is 0 Å². The molecule has 122 valence electrons. The lowest BCUT2D eigenvalue weighted by atomic mass is 10.1. The van der Waals surface area contributed by atoms with Crippen molar-refractivity contribution in [3.8, 4) is 0 Å². The summed E-state index contributed by atoms with van der Waals surface area (Å²) in [4.78, 5) is 24.0. The Bertz CT molecular complexity index is 509. The monoisotopic (exact) mass is 327 g/mol. The van der Waals surface area contributed by atoms with Crippen LogP contribution in [0, 0.1) is 0 Å². The van der Waals surface area contributed by atoms with Crippen LogP contribution in [0.25, 0.3) is 0 Å². The normalized spacial score (nSPS) is 10.3. The molecule has 0 saturated heterocycles. The van der Waals surface area contributed by atoms with Gasteiger partial charge in [0.15, 0.2) is 0 Å². The van der Waals surface area contributed by atoms with Gasteiger partial charge in [0, 0.05) is 25.2 Å². The van der Waals surface area contributed by atoms with Crippen LogP contribution in [0.2, 0.25) is 5.02 Å². The molecule has 0 aliphatic heterocycles. The molecule has 0 heterocycles. The maximum atomic E-state index is 12.1. The van der Waals surface area contributed by atoms with Crippen molar-refractivity contribution in [3.63, 3.8) is 0 Å². The molecule has 2 amide bonds. The van der Waals surface area contributed by atoms with Gasteiger partial charge in [-0.25, -0.2) is 0 Å². The number of methoxy groups -OCH3 is 1. The molecule has 0 unspecified atom stereocenters. The molecule has 7 heteroatoms. The third kappa shape index (κ3) is 6.43. The Balaban J connectivity index is 2.69. The van der Waals surface area contributed by atoms with E-state index >= 15 is 0 Å². The largest absolute Gasteiger partial charge is 0.383 e. The quantitative estimate of drug-likeness (QED) is 0.603. The van der Waals surface area contributed by atoms with E-state index in [9.17, 15) is 9.59 Å². The number of anilines is 1. The molecule has 1 aromatic carbocycles. The molecule has 0 aliphatic carbocycles. The molecule has 0 spiro atoms. The standard InChI is InChI=1S/C15H22ClN3O3/c1-3-6-18-15(21)12-5-4-11(16)9-13(12)19-14(20)10-17-7-8-22-2/h4-5,9,17H,3,6-8,10H2,1-2H3,(H,18,21)(H,19,20). The number of carbonyl (C=O) groups excluding carboxylic acids is 2. The number of ether oxygens (including phenoxy) is 1. The molecular weight excluding hydrogens is 306 g/mol. The highest BCUT2D eigenvalue weighted by atomic mass is 35.5. The Labute approximate surface area is 135 Å². The van der Waals surface area contributed by atoms with Gasteiger partial charge < -0.3 is 20.7 Å². The summed E-state index contributed by atoms with van der Waals surface area (Å²) in [5, 5.41) is 8.86. The molecule has 0 bridgehead atoms. The minimum absolute atomic E-state index is 0.131. The summed E-state index contributed by atoms with van der Waals surface area (Å²) in [5.41, 5.74) is 0.794. The van der Waals surface area contributed by atoms with E-state index in [4.69, 9.17) is 16.3 Å². The number of amides is 2. The molecule has 1 rings (SSSR count). The minimum Gasteiger partial charge on any atom is -0.383 e. The summed E-state index contributed by atoms with van der Waals surface area (Å²) in [7, 11) is 1.59. The Morgan fingerprint density at radius 3 is 2.73 bits per heavy atom. The summed E-state index contributed by atoms with van der Waals surface area (Å²) in [6, 6.07) is 4.78. The van der Waals surface area contributed by atoms with Crippen molar-refractivity contribution in [3.05, 3.63) is 28.8 Å². The molecule has 1 aromatic rings. The lowest BCUT2D eigenvalue weighted by molar-refractivity contribution is -0.115. The van der Waals surface area contributed by atoms with Crippen LogP contribution < -0.4 is 16.0 Å². The van der Waals surface area contributed by atoms with Crippen molar-refractivity contribution >= 4 is 29.1 Å². The van der Waals surface area contributed by atoms with Crippen LogP contribution in [0.3, 0.4) is 0 Å². The lowest BCUT2D eigenvalue weighted by Gasteiger charge is -2.12. The van der Waals surface area contributed by atoms with E-state index in [1.54, 1.807) is 25.3 Å². The van der Waals surface area contributed by atoms with Gasteiger partial charge in [0.2, 0.25) is 5.91 Å². The van der Waals surface area contributed by atoms with E-state index in [0.717, 1.165) is 6.42 Å². The maximum absolute atomic E-state index is 12.1. The fourth-order valence-corrected chi connectivity index (χ4v) is 1.89. The van der Waals surface area contributed by atoms with Crippen molar-refractivity contribution in [1.82, 2.24) is 10.6 Å². The average Bonchev–Trinajstić information content (AvgIpc) is 2.49. The van der Waals surface area contributed by atoms with Crippen LogP contribution in [0.1, 0.15) is 23.7 Å². The Kier molecular flexibility index (Phi) is 8.50. The van der Waals surface area contributed by atoms with E-state index in [0.29, 0.717) is 36.0 Å². The second kappa shape index (κ2) is 10.2. The van der Waals surface area contributed by atoms with Gasteiger partial charge in [-0.05, 0) is 24.6 Å². The number of hydrogen-bond donors (Lipinski definition) is 3. The smallest absolute Gasteiger partial charge is 0.253 e. The van der Waals surface area contributed by atoms with E-state index in [1.165, 1.54) is 0 Å². The number of benzene rings is 1. The summed E-state index contributed by atoms with van der Waals surface area (Å²) in [5.74, 6) is -0.482. The highest BCUT2D eigenvalue weighted by molar-refractivity contribution is 6.31. The maximum Gasteiger partial charge on any atom is 0.253 e. The summed E-state index contributed by atoms with van der Waals surface area (Å²) < 4.78 is 4.88. The lowest BCUT2D eigenvalue weighted by Crippen LogP contribution is -2.31.